The third kappa shape index (κ3) is 8.31. The predicted molar refractivity (Wildman–Crippen MR) is 151 cm³/mol. The van der Waals surface area contributed by atoms with E-state index in [1.807, 2.05) is 11.1 Å². The smallest absolute Gasteiger partial charge is 0.314 e. The first kappa shape index (κ1) is 28.7. The zero-order valence-electron chi connectivity index (χ0n) is 21.7. The van der Waals surface area contributed by atoms with E-state index in [0.29, 0.717) is 25.4 Å². The van der Waals surface area contributed by atoms with Gasteiger partial charge in [0.1, 0.15) is 0 Å². The summed E-state index contributed by atoms with van der Waals surface area (Å²) < 4.78 is 1.08. The maximum absolute atomic E-state index is 12.1. The Balaban J connectivity index is 0.000000193. The standard InChI is InChI=1S/C15H14BrN.C12H22N4O2.C2H2/c1-10-2-3-12-8-15-13(5-4-11(12)6-10)7-14(16)9-17-15;13-12(18)16-5-1-10(2-6-16)9-11(17)15-7-3-14-4-8-15;1-2/h2-3,6-7,9H,4-5,8H2,1H3;10,14H,1-9H2,(H2,13,18);1-2H. The van der Waals surface area contributed by atoms with Crippen molar-refractivity contribution >= 4 is 27.9 Å². The Bertz CT molecular complexity index is 1040. The number of primary amides is 1. The summed E-state index contributed by atoms with van der Waals surface area (Å²) in [6.45, 7) is 6.96. The van der Waals surface area contributed by atoms with E-state index in [4.69, 9.17) is 5.73 Å². The predicted octanol–water partition coefficient (Wildman–Crippen LogP) is 3.69. The van der Waals surface area contributed by atoms with Crippen molar-refractivity contribution in [1.82, 2.24) is 20.1 Å². The van der Waals surface area contributed by atoms with Crippen LogP contribution >= 0.6 is 15.9 Å². The third-order valence-electron chi connectivity index (χ3n) is 7.27. The molecule has 1 aromatic heterocycles. The topological polar surface area (TPSA) is 91.6 Å². The second kappa shape index (κ2) is 14.2. The number of aromatic nitrogens is 1. The van der Waals surface area contributed by atoms with E-state index in [-0.39, 0.29) is 11.9 Å². The number of urea groups is 1. The zero-order valence-corrected chi connectivity index (χ0v) is 23.3. The molecule has 0 unspecified atom stereocenters. The van der Waals surface area contributed by atoms with Crippen molar-refractivity contribution in [2.75, 3.05) is 39.3 Å². The van der Waals surface area contributed by atoms with Crippen molar-refractivity contribution in [3.63, 3.8) is 0 Å². The molecule has 3 aliphatic rings. The van der Waals surface area contributed by atoms with Crippen molar-refractivity contribution in [3.8, 4) is 12.8 Å². The monoisotopic (exact) mass is 567 g/mol. The lowest BCUT2D eigenvalue weighted by Gasteiger charge is -2.33. The molecule has 0 radical (unpaired) electrons. The van der Waals surface area contributed by atoms with Crippen LogP contribution in [0.2, 0.25) is 0 Å². The highest BCUT2D eigenvalue weighted by atomic mass is 79.9. The number of nitrogens with zero attached hydrogens (tertiary/aromatic N) is 3. The van der Waals surface area contributed by atoms with Crippen LogP contribution in [-0.4, -0.2) is 66.0 Å². The van der Waals surface area contributed by atoms with Crippen LogP contribution in [0.3, 0.4) is 0 Å². The molecule has 37 heavy (non-hydrogen) atoms. The molecule has 3 N–H and O–H groups in total. The fourth-order valence-corrected chi connectivity index (χ4v) is 5.52. The second-order valence-corrected chi connectivity index (χ2v) is 10.7. The van der Waals surface area contributed by atoms with Crippen molar-refractivity contribution in [2.45, 2.75) is 45.4 Å². The minimum atomic E-state index is -0.345. The molecule has 0 saturated carbocycles. The van der Waals surface area contributed by atoms with Crippen LogP contribution in [0.25, 0.3) is 0 Å². The first-order valence-corrected chi connectivity index (χ1v) is 13.8. The minimum Gasteiger partial charge on any atom is -0.351 e. The lowest BCUT2D eigenvalue weighted by atomic mass is 9.93. The number of hydrogen-bond acceptors (Lipinski definition) is 4. The van der Waals surface area contributed by atoms with Gasteiger partial charge in [-0.25, -0.2) is 4.79 Å². The number of likely N-dealkylation sites (tertiary alicyclic amines) is 1. The number of halogens is 1. The Hall–Kier alpha value is -2.89. The number of hydrogen-bond donors (Lipinski definition) is 2. The van der Waals surface area contributed by atoms with Crippen LogP contribution in [-0.2, 0) is 24.1 Å². The average molecular weight is 569 g/mol. The number of piperidine rings is 1. The largest absolute Gasteiger partial charge is 0.351 e. The molecular formula is C29H38BrN5O2. The van der Waals surface area contributed by atoms with E-state index in [1.165, 1.54) is 27.9 Å². The Labute approximate surface area is 229 Å². The van der Waals surface area contributed by atoms with Gasteiger partial charge in [0.15, 0.2) is 0 Å². The number of carbonyl (C=O) groups is 2. The van der Waals surface area contributed by atoms with E-state index in [1.54, 1.807) is 4.90 Å². The van der Waals surface area contributed by atoms with Crippen molar-refractivity contribution in [2.24, 2.45) is 11.7 Å². The lowest BCUT2D eigenvalue weighted by molar-refractivity contribution is -0.133. The maximum atomic E-state index is 12.1. The summed E-state index contributed by atoms with van der Waals surface area (Å²) in [7, 11) is 0. The number of rotatable bonds is 2. The molecule has 1 aliphatic carbocycles. The summed E-state index contributed by atoms with van der Waals surface area (Å²) in [5.74, 6) is 0.664. The number of nitrogens with one attached hydrogen (secondary N) is 1. The fraction of sp³-hybridized carbons (Fsp3) is 0.483. The van der Waals surface area contributed by atoms with Gasteiger partial charge in [0.25, 0.3) is 0 Å². The summed E-state index contributed by atoms with van der Waals surface area (Å²) in [4.78, 5) is 31.2. The number of nitrogens with two attached hydrogens (primary N) is 1. The number of benzene rings is 1. The average Bonchev–Trinajstić information content (AvgIpc) is 3.09. The van der Waals surface area contributed by atoms with Crippen molar-refractivity contribution in [3.05, 3.63) is 62.9 Å². The number of aryl methyl sites for hydroxylation is 3. The van der Waals surface area contributed by atoms with E-state index in [9.17, 15) is 9.59 Å². The highest BCUT2D eigenvalue weighted by Crippen LogP contribution is 2.26. The molecule has 3 heterocycles. The summed E-state index contributed by atoms with van der Waals surface area (Å²) in [5, 5.41) is 3.24. The van der Waals surface area contributed by atoms with Gasteiger partial charge < -0.3 is 20.9 Å². The Kier molecular flexibility index (Phi) is 11.0. The molecule has 8 heteroatoms. The van der Waals surface area contributed by atoms with Crippen LogP contribution < -0.4 is 11.1 Å². The molecule has 2 fully saturated rings. The van der Waals surface area contributed by atoms with Crippen LogP contribution in [0.4, 0.5) is 4.79 Å². The van der Waals surface area contributed by atoms with E-state index < -0.39 is 0 Å². The Morgan fingerprint density at radius 1 is 1.03 bits per heavy atom. The lowest BCUT2D eigenvalue weighted by Crippen LogP contribution is -2.47. The van der Waals surface area contributed by atoms with Crippen LogP contribution in [0, 0.1) is 25.7 Å². The van der Waals surface area contributed by atoms with Crippen molar-refractivity contribution in [1.29, 1.82) is 0 Å². The number of pyridine rings is 1. The molecule has 2 saturated heterocycles. The molecule has 7 nitrogen and oxygen atoms in total. The van der Waals surface area contributed by atoms with Gasteiger partial charge in [0.2, 0.25) is 5.91 Å². The zero-order chi connectivity index (χ0) is 26.8. The normalized spacial score (nSPS) is 17.1. The highest BCUT2D eigenvalue weighted by molar-refractivity contribution is 9.10. The molecule has 0 bridgehead atoms. The molecule has 0 atom stereocenters. The summed E-state index contributed by atoms with van der Waals surface area (Å²) in [6.07, 6.45) is 15.5. The number of carbonyl (C=O) groups excluding carboxylic acids is 2. The van der Waals surface area contributed by atoms with Gasteiger partial charge in [-0.2, -0.15) is 0 Å². The fourth-order valence-electron chi connectivity index (χ4n) is 5.14. The van der Waals surface area contributed by atoms with Crippen LogP contribution in [0.15, 0.2) is 34.9 Å². The first-order chi connectivity index (χ1) is 17.9. The molecule has 3 amide bonds. The quantitative estimate of drug-likeness (QED) is 0.541. The van der Waals surface area contributed by atoms with Gasteiger partial charge in [0, 0.05) is 68.5 Å². The molecule has 1 aromatic carbocycles. The van der Waals surface area contributed by atoms with Crippen LogP contribution in [0.1, 0.15) is 47.2 Å². The van der Waals surface area contributed by atoms with Crippen LogP contribution in [0.5, 0.6) is 0 Å². The molecule has 2 aromatic rings. The van der Waals surface area contributed by atoms with E-state index in [2.05, 4.69) is 70.3 Å². The molecular weight excluding hydrogens is 530 g/mol. The summed E-state index contributed by atoms with van der Waals surface area (Å²) >= 11 is 3.50. The van der Waals surface area contributed by atoms with Gasteiger partial charge in [0.05, 0.1) is 0 Å². The van der Waals surface area contributed by atoms with Gasteiger partial charge in [-0.1, -0.05) is 23.8 Å². The molecule has 0 spiro atoms. The number of piperazine rings is 1. The minimum absolute atomic E-state index is 0.258. The van der Waals surface area contributed by atoms with E-state index in [0.717, 1.165) is 62.8 Å². The molecule has 198 valence electrons. The van der Waals surface area contributed by atoms with Gasteiger partial charge in [-0.3, -0.25) is 9.78 Å². The number of fused-ring (bicyclic) bond motifs is 2. The third-order valence-corrected chi connectivity index (χ3v) is 7.70. The Morgan fingerprint density at radius 2 is 1.70 bits per heavy atom. The van der Waals surface area contributed by atoms with E-state index >= 15 is 0 Å². The molecule has 5 rings (SSSR count). The summed E-state index contributed by atoms with van der Waals surface area (Å²) in [5.41, 5.74) is 12.1. The summed E-state index contributed by atoms with van der Waals surface area (Å²) in [6, 6.07) is 8.63. The highest BCUT2D eigenvalue weighted by Gasteiger charge is 2.25. The maximum Gasteiger partial charge on any atom is 0.314 e. The van der Waals surface area contributed by atoms with Gasteiger partial charge in [-0.05, 0) is 77.2 Å². The van der Waals surface area contributed by atoms with Gasteiger partial charge >= 0.3 is 6.03 Å². The first-order valence-electron chi connectivity index (χ1n) is 13.0. The SMILES string of the molecule is C#C.Cc1ccc2c(c1)CCc1cc(Br)cnc1C2.NC(=O)N1CCC(CC(=O)N2CCNCC2)CC1. The number of terminal acetylenes is 1. The number of amides is 3. The Morgan fingerprint density at radius 3 is 2.38 bits per heavy atom. The molecule has 2 aliphatic heterocycles. The second-order valence-electron chi connectivity index (χ2n) is 9.81. The van der Waals surface area contributed by atoms with Gasteiger partial charge in [-0.15, -0.1) is 12.8 Å². The van der Waals surface area contributed by atoms with Crippen molar-refractivity contribution < 1.29 is 9.59 Å².